The van der Waals surface area contributed by atoms with E-state index in [4.69, 9.17) is 5.11 Å². The highest BCUT2D eigenvalue weighted by Crippen LogP contribution is 1.95. The van der Waals surface area contributed by atoms with Crippen LogP contribution in [-0.4, -0.2) is 17.5 Å². The van der Waals surface area contributed by atoms with Crippen molar-refractivity contribution in [3.63, 3.8) is 0 Å². The van der Waals surface area contributed by atoms with Crippen LogP contribution in [0.5, 0.6) is 0 Å². The van der Waals surface area contributed by atoms with Crippen molar-refractivity contribution in [1.29, 1.82) is 0 Å². The number of rotatable bonds is 2. The molecule has 0 rings (SSSR count). The average Bonchev–Trinajstić information content (AvgIpc) is 1.41. The predicted molar refractivity (Wildman–Crippen MR) is 22.2 cm³/mol. The molecule has 5 heavy (non-hydrogen) atoms. The molecule has 2 nitrogen and oxygen atoms in total. The Hall–Kier alpha value is 0.0600. The fourth-order valence-corrected chi connectivity index (χ4v) is 0.112. The maximum absolute atomic E-state index is 9.26. The van der Waals surface area contributed by atoms with Crippen LogP contribution < -0.4 is 0 Å². The van der Waals surface area contributed by atoms with Crippen LogP contribution in [0.3, 0.4) is 0 Å². The summed E-state index contributed by atoms with van der Waals surface area (Å²) in [7, 11) is 0.0725. The molecule has 0 aromatic heterocycles. The Morgan fingerprint density at radius 2 is 2.60 bits per heavy atom. The van der Waals surface area contributed by atoms with Crippen molar-refractivity contribution in [3.05, 3.63) is 0 Å². The first kappa shape index (κ1) is 5.06. The number of hydrogen-bond acceptors (Lipinski definition) is 2. The first-order valence-corrected chi connectivity index (χ1v) is 2.48. The molecule has 1 unspecified atom stereocenters. The monoisotopic (exact) mass is 92.0 g/mol. The summed E-state index contributed by atoms with van der Waals surface area (Å²) >= 11 is 0. The Balaban J connectivity index is 2.40. The van der Waals surface area contributed by atoms with E-state index in [1.165, 1.54) is 0 Å². The Morgan fingerprint density at radius 3 is 2.60 bits per heavy atom. The molecule has 1 atom stereocenters. The van der Waals surface area contributed by atoms with Crippen molar-refractivity contribution in [1.82, 2.24) is 0 Å². The molecule has 0 bridgehead atoms. The van der Waals surface area contributed by atoms with E-state index in [9.17, 15) is 4.79 Å². The molecule has 1 N–H and O–H groups in total. The molecule has 0 spiro atoms. The van der Waals surface area contributed by atoms with Gasteiger partial charge in [0.05, 0.1) is 6.35 Å². The van der Waals surface area contributed by atoms with Gasteiger partial charge in [-0.05, 0) is 8.58 Å². The van der Waals surface area contributed by atoms with Crippen LogP contribution in [-0.2, 0) is 4.79 Å². The molecular formula is C2H5O2P. The fourth-order valence-electron chi connectivity index (χ4n) is 0.0373. The molecule has 0 aliphatic heterocycles. The molecule has 0 aliphatic rings. The van der Waals surface area contributed by atoms with Crippen LogP contribution in [0.15, 0.2) is 0 Å². The van der Waals surface area contributed by atoms with E-state index in [-0.39, 0.29) is 14.9 Å². The normalized spacial score (nSPS) is 9.80. The minimum Gasteiger partial charge on any atom is -0.392 e. The second-order valence-corrected chi connectivity index (χ2v) is 1.44. The molecule has 0 amide bonds. The SMILES string of the molecule is O=CPCO. The second-order valence-electron chi connectivity index (χ2n) is 0.480. The van der Waals surface area contributed by atoms with Gasteiger partial charge in [0.1, 0.15) is 6.03 Å². The summed E-state index contributed by atoms with van der Waals surface area (Å²) in [6, 6.07) is 0.708. The van der Waals surface area contributed by atoms with Gasteiger partial charge in [0.25, 0.3) is 0 Å². The van der Waals surface area contributed by atoms with Crippen molar-refractivity contribution in [2.45, 2.75) is 0 Å². The highest BCUT2D eigenvalue weighted by Gasteiger charge is 1.66. The maximum Gasteiger partial charge on any atom is 0.141 e. The lowest BCUT2D eigenvalue weighted by atomic mass is 11.7. The van der Waals surface area contributed by atoms with Gasteiger partial charge in [-0.15, -0.1) is 0 Å². The van der Waals surface area contributed by atoms with Crippen LogP contribution in [0.1, 0.15) is 0 Å². The first-order chi connectivity index (χ1) is 2.41. The molecule has 0 saturated heterocycles. The van der Waals surface area contributed by atoms with E-state index in [1.54, 1.807) is 0 Å². The molecule has 30 valence electrons. The molecule has 0 aliphatic carbocycles. The number of hydrogen-bond donors (Lipinski definition) is 1. The first-order valence-electron chi connectivity index (χ1n) is 1.19. The second kappa shape index (κ2) is 4.06. The number of carbonyl (C=O) groups excluding carboxylic acids is 1. The summed E-state index contributed by atoms with van der Waals surface area (Å²) in [6.45, 7) is 0. The topological polar surface area (TPSA) is 37.3 Å². The molecule has 0 heterocycles. The number of aliphatic hydroxyl groups excluding tert-OH is 1. The maximum atomic E-state index is 9.26. The molecule has 0 saturated carbocycles. The largest absolute Gasteiger partial charge is 0.392 e. The van der Waals surface area contributed by atoms with E-state index >= 15 is 0 Å². The van der Waals surface area contributed by atoms with Gasteiger partial charge in [0.15, 0.2) is 0 Å². The third kappa shape index (κ3) is 4.06. The summed E-state index contributed by atoms with van der Waals surface area (Å²) in [4.78, 5) is 9.26. The zero-order valence-corrected chi connectivity index (χ0v) is 3.64. The standard InChI is InChI=1S/C2H5O2P/c3-1-5-2-4/h1,4-5H,2H2. The third-order valence-corrected chi connectivity index (χ3v) is 0.524. The van der Waals surface area contributed by atoms with Crippen LogP contribution >= 0.6 is 8.58 Å². The lowest BCUT2D eigenvalue weighted by molar-refractivity contribution is 0.373. The van der Waals surface area contributed by atoms with Gasteiger partial charge in [-0.3, -0.25) is 4.79 Å². The summed E-state index contributed by atoms with van der Waals surface area (Å²) in [5.41, 5.74) is 0. The molecule has 0 fully saturated rings. The minimum absolute atomic E-state index is 0.00347. The minimum atomic E-state index is 0.00347. The molecule has 3 heteroatoms. The van der Waals surface area contributed by atoms with Crippen molar-refractivity contribution < 1.29 is 9.90 Å². The average molecular weight is 92.0 g/mol. The van der Waals surface area contributed by atoms with Gasteiger partial charge in [0, 0.05) is 0 Å². The lowest BCUT2D eigenvalue weighted by Crippen LogP contribution is -1.62. The van der Waals surface area contributed by atoms with Gasteiger partial charge in [0.2, 0.25) is 0 Å². The Kier molecular flexibility index (Phi) is 4.11. The van der Waals surface area contributed by atoms with E-state index in [0.29, 0.717) is 6.03 Å². The molecule has 0 aromatic rings. The van der Waals surface area contributed by atoms with Crippen molar-refractivity contribution >= 4 is 14.6 Å². The van der Waals surface area contributed by atoms with Crippen LogP contribution in [0.4, 0.5) is 0 Å². The third-order valence-electron chi connectivity index (χ3n) is 0.175. The van der Waals surface area contributed by atoms with Crippen LogP contribution in [0, 0.1) is 0 Å². The smallest absolute Gasteiger partial charge is 0.141 e. The van der Waals surface area contributed by atoms with Crippen LogP contribution in [0.25, 0.3) is 0 Å². The quantitative estimate of drug-likeness (QED) is 0.378. The van der Waals surface area contributed by atoms with E-state index in [0.717, 1.165) is 0 Å². The lowest BCUT2D eigenvalue weighted by Gasteiger charge is -1.70. The van der Waals surface area contributed by atoms with Crippen molar-refractivity contribution in [3.8, 4) is 0 Å². The van der Waals surface area contributed by atoms with E-state index < -0.39 is 0 Å². The zero-order valence-electron chi connectivity index (χ0n) is 2.64. The van der Waals surface area contributed by atoms with Gasteiger partial charge in [-0.25, -0.2) is 0 Å². The summed E-state index contributed by atoms with van der Waals surface area (Å²) in [6.07, 6.45) is 0.00347. The zero-order chi connectivity index (χ0) is 4.12. The fraction of sp³-hybridized carbons (Fsp3) is 0.500. The molecular weight excluding hydrogens is 87.0 g/mol. The predicted octanol–water partition coefficient (Wildman–Crippen LogP) is -0.195. The number of carbonyl (C=O) groups is 1. The summed E-state index contributed by atoms with van der Waals surface area (Å²) < 4.78 is 0. The highest BCUT2D eigenvalue weighted by atomic mass is 31.1. The molecule has 0 radical (unpaired) electrons. The Labute approximate surface area is 32.0 Å². The van der Waals surface area contributed by atoms with Gasteiger partial charge >= 0.3 is 0 Å². The summed E-state index contributed by atoms with van der Waals surface area (Å²) in [5, 5.41) is 7.85. The Morgan fingerprint density at radius 1 is 2.00 bits per heavy atom. The Bertz CT molecular complexity index is 28.8. The van der Waals surface area contributed by atoms with Crippen molar-refractivity contribution in [2.24, 2.45) is 0 Å². The number of aliphatic hydroxyl groups is 1. The van der Waals surface area contributed by atoms with Gasteiger partial charge < -0.3 is 5.11 Å². The highest BCUT2D eigenvalue weighted by molar-refractivity contribution is 7.54. The van der Waals surface area contributed by atoms with Gasteiger partial charge in [-0.1, -0.05) is 0 Å². The van der Waals surface area contributed by atoms with Gasteiger partial charge in [-0.2, -0.15) is 0 Å². The van der Waals surface area contributed by atoms with Crippen LogP contribution in [0.2, 0.25) is 0 Å². The molecule has 0 aromatic carbocycles. The summed E-state index contributed by atoms with van der Waals surface area (Å²) in [5.74, 6) is 0. The van der Waals surface area contributed by atoms with E-state index in [2.05, 4.69) is 0 Å². The van der Waals surface area contributed by atoms with Crippen molar-refractivity contribution in [2.75, 3.05) is 6.35 Å². The van der Waals surface area contributed by atoms with E-state index in [1.807, 2.05) is 0 Å².